The zero-order chi connectivity index (χ0) is 26.7. The highest BCUT2D eigenvalue weighted by atomic mass is 16.6. The van der Waals surface area contributed by atoms with Crippen LogP contribution in [0.5, 0.6) is 0 Å². The average Bonchev–Trinajstić information content (AvgIpc) is 2.83. The molecular formula is C28H32N4O4. The quantitative estimate of drug-likeness (QED) is 0.220. The van der Waals surface area contributed by atoms with Gasteiger partial charge in [-0.2, -0.15) is 0 Å². The maximum Gasteiger partial charge on any atom is 0.270 e. The van der Waals surface area contributed by atoms with Gasteiger partial charge in [-0.25, -0.2) is 0 Å². The predicted octanol–water partition coefficient (Wildman–Crippen LogP) is 5.69. The number of nitro groups is 1. The second-order valence-corrected chi connectivity index (χ2v) is 8.99. The summed E-state index contributed by atoms with van der Waals surface area (Å²) >= 11 is 0. The number of anilines is 1. The van der Waals surface area contributed by atoms with Crippen molar-refractivity contribution in [2.24, 2.45) is 0 Å². The largest absolute Gasteiger partial charge is 0.399 e. The van der Waals surface area contributed by atoms with Crippen LogP contribution in [0.15, 0.2) is 64.7 Å². The normalized spacial score (nSPS) is 10.9. The lowest BCUT2D eigenvalue weighted by Crippen LogP contribution is -2.20. The first-order valence-corrected chi connectivity index (χ1v) is 11.9. The van der Waals surface area contributed by atoms with Gasteiger partial charge in [-0.3, -0.25) is 19.7 Å². The molecule has 0 saturated heterocycles. The number of benzene rings is 2. The smallest absolute Gasteiger partial charge is 0.270 e. The Morgan fingerprint density at radius 1 is 0.944 bits per heavy atom. The molecule has 0 atom stereocenters. The standard InChI is InChI=1S/C14H14N2O3.C14H18N2O/c1-4-15-13-6-5-10(16(18)19)7-12(13)11(9(2)3)8-14(15)17;1-4-16-13-6-5-10(15)7-12(13)11(9(2)3)8-14(16)17/h5-8H,2,4H2,1,3H3;5-9H,4,15H2,1-3H3. The lowest BCUT2D eigenvalue weighted by Gasteiger charge is -2.14. The Bertz CT molecular complexity index is 1600. The number of nitro benzene ring substituents is 1. The Kier molecular flexibility index (Phi) is 7.77. The number of nitrogens with two attached hydrogens (primary N) is 1. The fraction of sp³-hybridized carbons (Fsp3) is 0.286. The van der Waals surface area contributed by atoms with E-state index in [1.54, 1.807) is 28.2 Å². The van der Waals surface area contributed by atoms with E-state index in [1.165, 1.54) is 18.2 Å². The molecule has 8 nitrogen and oxygen atoms in total. The molecule has 0 unspecified atom stereocenters. The molecule has 0 aliphatic carbocycles. The van der Waals surface area contributed by atoms with Crippen LogP contribution in [0.4, 0.5) is 11.4 Å². The van der Waals surface area contributed by atoms with E-state index in [0.29, 0.717) is 41.0 Å². The van der Waals surface area contributed by atoms with Crippen molar-refractivity contribution in [2.45, 2.75) is 53.6 Å². The second kappa shape index (κ2) is 10.6. The molecular weight excluding hydrogens is 456 g/mol. The number of aryl methyl sites for hydroxylation is 2. The molecule has 36 heavy (non-hydrogen) atoms. The van der Waals surface area contributed by atoms with Crippen LogP contribution in [0.2, 0.25) is 0 Å². The summed E-state index contributed by atoms with van der Waals surface area (Å²) in [6.07, 6.45) is 0. The Hall–Kier alpha value is -4.20. The average molecular weight is 489 g/mol. The molecule has 0 bridgehead atoms. The van der Waals surface area contributed by atoms with Crippen LogP contribution in [-0.2, 0) is 13.1 Å². The highest BCUT2D eigenvalue weighted by molar-refractivity contribution is 5.92. The van der Waals surface area contributed by atoms with Crippen LogP contribution in [-0.4, -0.2) is 14.1 Å². The van der Waals surface area contributed by atoms with Gasteiger partial charge in [-0.15, -0.1) is 0 Å². The van der Waals surface area contributed by atoms with Crippen LogP contribution in [0.25, 0.3) is 27.4 Å². The Morgan fingerprint density at radius 3 is 2.03 bits per heavy atom. The van der Waals surface area contributed by atoms with Crippen LogP contribution in [0.3, 0.4) is 0 Å². The van der Waals surface area contributed by atoms with Crippen molar-refractivity contribution in [3.8, 4) is 0 Å². The predicted molar refractivity (Wildman–Crippen MR) is 148 cm³/mol. The Labute approximate surface area is 209 Å². The number of hydrogen-bond donors (Lipinski definition) is 1. The van der Waals surface area contributed by atoms with E-state index in [1.807, 2.05) is 32.0 Å². The molecule has 4 rings (SSSR count). The number of fused-ring (bicyclic) bond motifs is 2. The molecule has 0 spiro atoms. The van der Waals surface area contributed by atoms with Gasteiger partial charge in [0.05, 0.1) is 16.0 Å². The number of nitrogens with zero attached hydrogens (tertiary/aromatic N) is 3. The fourth-order valence-electron chi connectivity index (χ4n) is 4.40. The van der Waals surface area contributed by atoms with E-state index in [2.05, 4.69) is 20.4 Å². The summed E-state index contributed by atoms with van der Waals surface area (Å²) in [6, 6.07) is 13.5. The topological polar surface area (TPSA) is 113 Å². The zero-order valence-corrected chi connectivity index (χ0v) is 21.4. The van der Waals surface area contributed by atoms with Crippen molar-refractivity contribution < 1.29 is 4.92 Å². The zero-order valence-electron chi connectivity index (χ0n) is 21.4. The van der Waals surface area contributed by atoms with Gasteiger partial charge >= 0.3 is 0 Å². The van der Waals surface area contributed by atoms with Crippen LogP contribution in [0.1, 0.15) is 51.7 Å². The molecule has 0 fully saturated rings. The first-order chi connectivity index (χ1) is 17.0. The van der Waals surface area contributed by atoms with E-state index in [-0.39, 0.29) is 16.8 Å². The van der Waals surface area contributed by atoms with Crippen molar-refractivity contribution in [2.75, 3.05) is 5.73 Å². The van der Waals surface area contributed by atoms with Gasteiger partial charge in [0.2, 0.25) is 0 Å². The third kappa shape index (κ3) is 5.07. The van der Waals surface area contributed by atoms with Crippen molar-refractivity contribution >= 4 is 38.8 Å². The summed E-state index contributed by atoms with van der Waals surface area (Å²) in [6.45, 7) is 14.8. The molecule has 188 valence electrons. The van der Waals surface area contributed by atoms with Crippen LogP contribution in [0, 0.1) is 10.1 Å². The molecule has 2 N–H and O–H groups in total. The molecule has 4 aromatic rings. The minimum Gasteiger partial charge on any atom is -0.399 e. The lowest BCUT2D eigenvalue weighted by atomic mass is 9.98. The second-order valence-electron chi connectivity index (χ2n) is 8.99. The van der Waals surface area contributed by atoms with E-state index in [0.717, 1.165) is 22.2 Å². The molecule has 0 radical (unpaired) electrons. The molecule has 2 aromatic heterocycles. The fourth-order valence-corrected chi connectivity index (χ4v) is 4.40. The van der Waals surface area contributed by atoms with Crippen molar-refractivity contribution in [3.63, 3.8) is 0 Å². The highest BCUT2D eigenvalue weighted by Gasteiger charge is 2.13. The number of non-ortho nitro benzene ring substituents is 1. The summed E-state index contributed by atoms with van der Waals surface area (Å²) in [5, 5.41) is 12.6. The summed E-state index contributed by atoms with van der Waals surface area (Å²) in [4.78, 5) is 34.4. The summed E-state index contributed by atoms with van der Waals surface area (Å²) in [7, 11) is 0. The van der Waals surface area contributed by atoms with Gasteiger partial charge in [-0.05, 0) is 62.1 Å². The summed E-state index contributed by atoms with van der Waals surface area (Å²) < 4.78 is 3.37. The first kappa shape index (κ1) is 26.4. The summed E-state index contributed by atoms with van der Waals surface area (Å²) in [5.41, 5.74) is 10.6. The van der Waals surface area contributed by atoms with Crippen molar-refractivity contribution in [3.05, 3.63) is 97.1 Å². The van der Waals surface area contributed by atoms with Gasteiger partial charge in [0.25, 0.3) is 16.8 Å². The Balaban J connectivity index is 0.000000202. The SMILES string of the molecule is C=C(C)c1cc(=O)n(CC)c2ccc([N+](=O)[O-])cc12.CCn1c(=O)cc(C(C)C)c2cc(N)ccc21. The van der Waals surface area contributed by atoms with Crippen LogP contribution < -0.4 is 16.9 Å². The number of pyridine rings is 2. The van der Waals surface area contributed by atoms with Crippen molar-refractivity contribution in [1.82, 2.24) is 9.13 Å². The number of rotatable bonds is 5. The van der Waals surface area contributed by atoms with E-state index in [4.69, 9.17) is 5.73 Å². The first-order valence-electron chi connectivity index (χ1n) is 11.9. The molecule has 0 aliphatic rings. The van der Waals surface area contributed by atoms with Gasteiger partial charge in [0.15, 0.2) is 0 Å². The third-order valence-corrected chi connectivity index (χ3v) is 6.19. The van der Waals surface area contributed by atoms with Gasteiger partial charge in [0, 0.05) is 53.8 Å². The number of allylic oxidation sites excluding steroid dienone is 1. The maximum absolute atomic E-state index is 12.0. The van der Waals surface area contributed by atoms with Crippen LogP contribution >= 0.6 is 0 Å². The summed E-state index contributed by atoms with van der Waals surface area (Å²) in [5.74, 6) is 0.318. The van der Waals surface area contributed by atoms with E-state index >= 15 is 0 Å². The molecule has 8 heteroatoms. The number of nitrogen functional groups attached to an aromatic ring is 1. The number of hydrogen-bond acceptors (Lipinski definition) is 5. The third-order valence-electron chi connectivity index (χ3n) is 6.19. The number of aromatic nitrogens is 2. The molecule has 2 heterocycles. The van der Waals surface area contributed by atoms with Gasteiger partial charge < -0.3 is 14.9 Å². The highest BCUT2D eigenvalue weighted by Crippen LogP contribution is 2.27. The lowest BCUT2D eigenvalue weighted by molar-refractivity contribution is -0.384. The van der Waals surface area contributed by atoms with Crippen molar-refractivity contribution in [1.29, 1.82) is 0 Å². The molecule has 0 amide bonds. The molecule has 0 aliphatic heterocycles. The molecule has 0 saturated carbocycles. The monoisotopic (exact) mass is 488 g/mol. The van der Waals surface area contributed by atoms with Gasteiger partial charge in [0.1, 0.15) is 0 Å². The molecule has 2 aromatic carbocycles. The minimum absolute atomic E-state index is 0.0105. The van der Waals surface area contributed by atoms with Gasteiger partial charge in [-0.1, -0.05) is 26.0 Å². The minimum atomic E-state index is -0.441. The van der Waals surface area contributed by atoms with E-state index < -0.39 is 4.92 Å². The maximum atomic E-state index is 12.0. The Morgan fingerprint density at radius 2 is 1.50 bits per heavy atom. The van der Waals surface area contributed by atoms with E-state index in [9.17, 15) is 19.7 Å².